The van der Waals surface area contributed by atoms with Gasteiger partial charge in [-0.15, -0.1) is 6.58 Å². The van der Waals surface area contributed by atoms with Crippen molar-refractivity contribution >= 4 is 11.8 Å². The minimum absolute atomic E-state index is 0.132. The predicted octanol–water partition coefficient (Wildman–Crippen LogP) is 2.17. The number of carbonyl (C=O) groups is 2. The third kappa shape index (κ3) is 3.62. The van der Waals surface area contributed by atoms with Gasteiger partial charge in [-0.25, -0.2) is 0 Å². The summed E-state index contributed by atoms with van der Waals surface area (Å²) >= 11 is 0. The van der Waals surface area contributed by atoms with Crippen molar-refractivity contribution in [1.82, 2.24) is 19.6 Å². The number of hydrogen-bond acceptors (Lipinski definition) is 3. The summed E-state index contributed by atoms with van der Waals surface area (Å²) in [5.41, 5.74) is 1.23. The van der Waals surface area contributed by atoms with Gasteiger partial charge in [0.2, 0.25) is 11.8 Å². The number of aromatic nitrogens is 2. The van der Waals surface area contributed by atoms with Crippen LogP contribution in [0.1, 0.15) is 44.2 Å². The number of hydrogen-bond donors (Lipinski definition) is 0. The molecule has 0 saturated carbocycles. The van der Waals surface area contributed by atoms with Gasteiger partial charge in [0, 0.05) is 38.8 Å². The molecule has 2 aliphatic heterocycles. The normalized spacial score (nSPS) is 21.4. The lowest BCUT2D eigenvalue weighted by molar-refractivity contribution is -0.143. The molecule has 1 spiro atoms. The fraction of sp³-hybridized carbons (Fsp3) is 0.632. The highest BCUT2D eigenvalue weighted by atomic mass is 16.2. The lowest BCUT2D eigenvalue weighted by Crippen LogP contribution is -2.53. The molecule has 0 radical (unpaired) electrons. The third-order valence-electron chi connectivity index (χ3n) is 5.72. The van der Waals surface area contributed by atoms with Crippen molar-refractivity contribution < 1.29 is 9.59 Å². The number of aryl methyl sites for hydroxylation is 1. The Morgan fingerprint density at radius 2 is 2.12 bits per heavy atom. The average molecular weight is 344 g/mol. The van der Waals surface area contributed by atoms with Gasteiger partial charge in [0.05, 0.1) is 6.20 Å². The molecule has 2 aliphatic rings. The van der Waals surface area contributed by atoms with E-state index < -0.39 is 0 Å². The van der Waals surface area contributed by atoms with Crippen molar-refractivity contribution in [2.75, 3.05) is 26.2 Å². The molecular weight excluding hydrogens is 316 g/mol. The molecule has 6 heteroatoms. The van der Waals surface area contributed by atoms with E-state index in [0.717, 1.165) is 44.5 Å². The smallest absolute Gasteiger partial charge is 0.247 e. The van der Waals surface area contributed by atoms with Crippen LogP contribution in [-0.4, -0.2) is 57.6 Å². The van der Waals surface area contributed by atoms with Gasteiger partial charge in [-0.2, -0.15) is 5.10 Å². The number of carbonyl (C=O) groups excluding carboxylic acids is 2. The Balaban J connectivity index is 1.60. The molecule has 0 aromatic carbocycles. The SMILES string of the molecule is C=CCN1CC2(CCC1=O)CCN(C(=O)C(C)n1cc(C)cn1)CC2. The van der Waals surface area contributed by atoms with Gasteiger partial charge in [0.15, 0.2) is 0 Å². The van der Waals surface area contributed by atoms with Crippen molar-refractivity contribution in [3.8, 4) is 0 Å². The molecule has 3 rings (SSSR count). The number of amides is 2. The Hall–Kier alpha value is -2.11. The molecule has 25 heavy (non-hydrogen) atoms. The Kier molecular flexibility index (Phi) is 4.97. The summed E-state index contributed by atoms with van der Waals surface area (Å²) < 4.78 is 1.74. The largest absolute Gasteiger partial charge is 0.341 e. The number of rotatable bonds is 4. The second-order valence-corrected chi connectivity index (χ2v) is 7.56. The lowest BCUT2D eigenvalue weighted by atomic mass is 9.72. The van der Waals surface area contributed by atoms with Crippen LogP contribution in [0.25, 0.3) is 0 Å². The summed E-state index contributed by atoms with van der Waals surface area (Å²) in [7, 11) is 0. The van der Waals surface area contributed by atoms with Gasteiger partial charge in [0.25, 0.3) is 0 Å². The predicted molar refractivity (Wildman–Crippen MR) is 95.9 cm³/mol. The van der Waals surface area contributed by atoms with E-state index in [1.165, 1.54) is 0 Å². The number of nitrogens with zero attached hydrogens (tertiary/aromatic N) is 4. The van der Waals surface area contributed by atoms with Crippen LogP contribution in [0.4, 0.5) is 0 Å². The van der Waals surface area contributed by atoms with Crippen LogP contribution in [0.3, 0.4) is 0 Å². The first kappa shape index (κ1) is 17.7. The summed E-state index contributed by atoms with van der Waals surface area (Å²) in [6.07, 6.45) is 8.97. The summed E-state index contributed by atoms with van der Waals surface area (Å²) in [6.45, 7) is 10.6. The zero-order chi connectivity index (χ0) is 18.0. The molecule has 2 fully saturated rings. The lowest BCUT2D eigenvalue weighted by Gasteiger charge is -2.47. The van der Waals surface area contributed by atoms with E-state index in [9.17, 15) is 9.59 Å². The molecule has 1 aromatic rings. The molecule has 3 heterocycles. The first-order valence-electron chi connectivity index (χ1n) is 9.12. The van der Waals surface area contributed by atoms with Crippen LogP contribution in [0.15, 0.2) is 25.0 Å². The second-order valence-electron chi connectivity index (χ2n) is 7.56. The maximum Gasteiger partial charge on any atom is 0.247 e. The van der Waals surface area contributed by atoms with Crippen molar-refractivity contribution in [3.63, 3.8) is 0 Å². The molecule has 0 N–H and O–H groups in total. The van der Waals surface area contributed by atoms with Crippen LogP contribution in [0.2, 0.25) is 0 Å². The van der Waals surface area contributed by atoms with Crippen LogP contribution >= 0.6 is 0 Å². The van der Waals surface area contributed by atoms with E-state index in [4.69, 9.17) is 0 Å². The minimum Gasteiger partial charge on any atom is -0.341 e. The van der Waals surface area contributed by atoms with E-state index >= 15 is 0 Å². The third-order valence-corrected chi connectivity index (χ3v) is 5.72. The fourth-order valence-electron chi connectivity index (χ4n) is 4.06. The van der Waals surface area contributed by atoms with Crippen molar-refractivity contribution in [1.29, 1.82) is 0 Å². The first-order chi connectivity index (χ1) is 11.9. The van der Waals surface area contributed by atoms with Crippen molar-refractivity contribution in [2.24, 2.45) is 5.41 Å². The minimum atomic E-state index is -0.270. The number of piperidine rings is 2. The highest BCUT2D eigenvalue weighted by molar-refractivity contribution is 5.80. The molecule has 136 valence electrons. The monoisotopic (exact) mass is 344 g/mol. The fourth-order valence-corrected chi connectivity index (χ4v) is 4.06. The van der Waals surface area contributed by atoms with Gasteiger partial charge >= 0.3 is 0 Å². The maximum absolute atomic E-state index is 12.8. The van der Waals surface area contributed by atoms with Gasteiger partial charge in [-0.1, -0.05) is 6.08 Å². The highest BCUT2D eigenvalue weighted by Crippen LogP contribution is 2.40. The summed E-state index contributed by atoms with van der Waals surface area (Å²) in [5.74, 6) is 0.361. The van der Waals surface area contributed by atoms with Gasteiger partial charge < -0.3 is 9.80 Å². The van der Waals surface area contributed by atoms with Gasteiger partial charge in [0.1, 0.15) is 6.04 Å². The van der Waals surface area contributed by atoms with E-state index in [2.05, 4.69) is 11.7 Å². The molecule has 1 unspecified atom stereocenters. The van der Waals surface area contributed by atoms with E-state index in [1.807, 2.05) is 29.8 Å². The van der Waals surface area contributed by atoms with Crippen LogP contribution in [0.5, 0.6) is 0 Å². The molecule has 1 aromatic heterocycles. The summed E-state index contributed by atoms with van der Waals surface area (Å²) in [6, 6.07) is -0.270. The zero-order valence-corrected chi connectivity index (χ0v) is 15.3. The standard InChI is InChI=1S/C19H28N4O2/c1-4-9-22-14-19(6-5-17(22)24)7-10-21(11-8-19)18(25)16(3)23-13-15(2)12-20-23/h4,12-13,16H,1,5-11,14H2,2-3H3. The van der Waals surface area contributed by atoms with Crippen LogP contribution in [0, 0.1) is 12.3 Å². The van der Waals surface area contributed by atoms with E-state index in [-0.39, 0.29) is 23.3 Å². The molecule has 1 atom stereocenters. The highest BCUT2D eigenvalue weighted by Gasteiger charge is 2.41. The quantitative estimate of drug-likeness (QED) is 0.787. The molecule has 2 saturated heterocycles. The molecule has 2 amide bonds. The van der Waals surface area contributed by atoms with Crippen molar-refractivity contribution in [3.05, 3.63) is 30.6 Å². The Morgan fingerprint density at radius 3 is 2.72 bits per heavy atom. The number of likely N-dealkylation sites (tertiary alicyclic amines) is 2. The van der Waals surface area contributed by atoms with E-state index in [1.54, 1.807) is 17.0 Å². The van der Waals surface area contributed by atoms with Crippen LogP contribution < -0.4 is 0 Å². The van der Waals surface area contributed by atoms with Gasteiger partial charge in [-0.05, 0) is 44.1 Å². The summed E-state index contributed by atoms with van der Waals surface area (Å²) in [5, 5.41) is 4.27. The second kappa shape index (κ2) is 7.02. The van der Waals surface area contributed by atoms with Crippen LogP contribution in [-0.2, 0) is 9.59 Å². The topological polar surface area (TPSA) is 58.4 Å². The molecule has 6 nitrogen and oxygen atoms in total. The molecule has 0 bridgehead atoms. The van der Waals surface area contributed by atoms with Gasteiger partial charge in [-0.3, -0.25) is 14.3 Å². The van der Waals surface area contributed by atoms with Crippen molar-refractivity contribution in [2.45, 2.75) is 45.6 Å². The Morgan fingerprint density at radius 1 is 1.40 bits per heavy atom. The average Bonchev–Trinajstić information content (AvgIpc) is 3.04. The Labute approximate surface area is 149 Å². The molecule has 0 aliphatic carbocycles. The molecular formula is C19H28N4O2. The van der Waals surface area contributed by atoms with E-state index in [0.29, 0.717) is 13.0 Å². The maximum atomic E-state index is 12.8. The Bertz CT molecular complexity index is 658. The first-order valence-corrected chi connectivity index (χ1v) is 9.12. The summed E-state index contributed by atoms with van der Waals surface area (Å²) in [4.78, 5) is 28.7. The zero-order valence-electron chi connectivity index (χ0n) is 15.3.